The van der Waals surface area contributed by atoms with E-state index in [4.69, 9.17) is 4.42 Å². The van der Waals surface area contributed by atoms with Crippen molar-refractivity contribution < 1.29 is 9.21 Å². The van der Waals surface area contributed by atoms with E-state index in [9.17, 15) is 4.79 Å². The average molecular weight is 208 g/mol. The van der Waals surface area contributed by atoms with Crippen molar-refractivity contribution in [2.24, 2.45) is 0 Å². The number of furan rings is 1. The largest absolute Gasteiger partial charge is 0.465 e. The highest BCUT2D eigenvalue weighted by Gasteiger charge is 2.02. The molecule has 4 heteroatoms. The van der Waals surface area contributed by atoms with Crippen LogP contribution in [0.4, 0.5) is 0 Å². The van der Waals surface area contributed by atoms with E-state index < -0.39 is 0 Å². The van der Waals surface area contributed by atoms with Gasteiger partial charge in [-0.15, -0.1) is 6.58 Å². The number of carbonyl (C=O) groups excluding carboxylic acids is 1. The van der Waals surface area contributed by atoms with Gasteiger partial charge >= 0.3 is 0 Å². The van der Waals surface area contributed by atoms with E-state index in [-0.39, 0.29) is 5.91 Å². The molecule has 0 saturated carbocycles. The first-order valence-electron chi connectivity index (χ1n) is 4.86. The lowest BCUT2D eigenvalue weighted by Crippen LogP contribution is -2.33. The molecule has 1 aromatic rings. The Morgan fingerprint density at radius 2 is 2.40 bits per heavy atom. The SMILES string of the molecule is C=CCNCC(=O)NCc1ccc(C)o1. The zero-order valence-corrected chi connectivity index (χ0v) is 8.88. The van der Waals surface area contributed by atoms with Gasteiger partial charge < -0.3 is 15.1 Å². The fourth-order valence-corrected chi connectivity index (χ4v) is 1.12. The Morgan fingerprint density at radius 3 is 3.00 bits per heavy atom. The smallest absolute Gasteiger partial charge is 0.234 e. The number of hydrogen-bond acceptors (Lipinski definition) is 3. The lowest BCUT2D eigenvalue weighted by molar-refractivity contribution is -0.120. The van der Waals surface area contributed by atoms with Gasteiger partial charge in [-0.25, -0.2) is 0 Å². The molecule has 0 saturated heterocycles. The molecule has 0 atom stereocenters. The molecule has 0 radical (unpaired) electrons. The number of nitrogens with one attached hydrogen (secondary N) is 2. The first-order valence-corrected chi connectivity index (χ1v) is 4.86. The van der Waals surface area contributed by atoms with Crippen molar-refractivity contribution in [3.63, 3.8) is 0 Å². The first-order chi connectivity index (χ1) is 7.22. The maximum absolute atomic E-state index is 11.2. The van der Waals surface area contributed by atoms with Crippen LogP contribution in [0, 0.1) is 6.92 Å². The van der Waals surface area contributed by atoms with E-state index in [1.807, 2.05) is 19.1 Å². The summed E-state index contributed by atoms with van der Waals surface area (Å²) in [6.45, 7) is 6.78. The third kappa shape index (κ3) is 4.46. The van der Waals surface area contributed by atoms with Crippen LogP contribution in [0.2, 0.25) is 0 Å². The molecule has 0 aliphatic rings. The lowest BCUT2D eigenvalue weighted by atomic mass is 10.4. The molecule has 1 heterocycles. The summed E-state index contributed by atoms with van der Waals surface area (Å²) in [5, 5.41) is 5.66. The Morgan fingerprint density at radius 1 is 1.60 bits per heavy atom. The monoisotopic (exact) mass is 208 g/mol. The molecule has 0 bridgehead atoms. The molecule has 1 rings (SSSR count). The van der Waals surface area contributed by atoms with Gasteiger partial charge in [-0.3, -0.25) is 4.79 Å². The molecule has 0 unspecified atom stereocenters. The van der Waals surface area contributed by atoms with E-state index in [1.54, 1.807) is 6.08 Å². The third-order valence-electron chi connectivity index (χ3n) is 1.83. The van der Waals surface area contributed by atoms with Gasteiger partial charge in [-0.05, 0) is 19.1 Å². The summed E-state index contributed by atoms with van der Waals surface area (Å²) in [6.07, 6.45) is 1.71. The molecule has 0 spiro atoms. The maximum Gasteiger partial charge on any atom is 0.234 e. The van der Waals surface area contributed by atoms with Crippen molar-refractivity contribution in [2.75, 3.05) is 13.1 Å². The Labute approximate surface area is 89.4 Å². The predicted molar refractivity (Wildman–Crippen MR) is 58.4 cm³/mol. The fourth-order valence-electron chi connectivity index (χ4n) is 1.12. The summed E-state index contributed by atoms with van der Waals surface area (Å²) in [5.74, 6) is 1.57. The molecule has 4 nitrogen and oxygen atoms in total. The summed E-state index contributed by atoms with van der Waals surface area (Å²) < 4.78 is 5.31. The van der Waals surface area contributed by atoms with E-state index >= 15 is 0 Å². The standard InChI is InChI=1S/C11H16N2O2/c1-3-6-12-8-11(14)13-7-10-5-4-9(2)15-10/h3-5,12H,1,6-8H2,2H3,(H,13,14). The van der Waals surface area contributed by atoms with Crippen LogP contribution in [0.15, 0.2) is 29.2 Å². The van der Waals surface area contributed by atoms with E-state index in [0.29, 0.717) is 19.6 Å². The normalized spacial score (nSPS) is 9.93. The van der Waals surface area contributed by atoms with Crippen LogP contribution in [0.1, 0.15) is 11.5 Å². The number of carbonyl (C=O) groups is 1. The van der Waals surface area contributed by atoms with E-state index in [0.717, 1.165) is 11.5 Å². The molecule has 0 fully saturated rings. The van der Waals surface area contributed by atoms with Crippen molar-refractivity contribution >= 4 is 5.91 Å². The molecule has 1 amide bonds. The Bertz CT molecular complexity index is 331. The molecular formula is C11H16N2O2. The highest BCUT2D eigenvalue weighted by Crippen LogP contribution is 2.04. The van der Waals surface area contributed by atoms with Crippen molar-refractivity contribution in [3.8, 4) is 0 Å². The summed E-state index contributed by atoms with van der Waals surface area (Å²) in [4.78, 5) is 11.2. The minimum absolute atomic E-state index is 0.0501. The van der Waals surface area contributed by atoms with Gasteiger partial charge in [0.05, 0.1) is 13.1 Å². The molecule has 2 N–H and O–H groups in total. The second-order valence-corrected chi connectivity index (χ2v) is 3.21. The van der Waals surface area contributed by atoms with Crippen LogP contribution in [-0.2, 0) is 11.3 Å². The minimum atomic E-state index is -0.0501. The van der Waals surface area contributed by atoms with Crippen LogP contribution in [0.5, 0.6) is 0 Å². The molecule has 0 aliphatic carbocycles. The zero-order valence-electron chi connectivity index (χ0n) is 8.88. The van der Waals surface area contributed by atoms with Crippen LogP contribution < -0.4 is 10.6 Å². The molecule has 15 heavy (non-hydrogen) atoms. The van der Waals surface area contributed by atoms with Crippen molar-refractivity contribution in [2.45, 2.75) is 13.5 Å². The number of aryl methyl sites for hydroxylation is 1. The van der Waals surface area contributed by atoms with Crippen LogP contribution in [0.25, 0.3) is 0 Å². The summed E-state index contributed by atoms with van der Waals surface area (Å²) in [5.41, 5.74) is 0. The molecule has 0 aliphatic heterocycles. The summed E-state index contributed by atoms with van der Waals surface area (Å²) in [6, 6.07) is 3.73. The lowest BCUT2D eigenvalue weighted by Gasteiger charge is -2.03. The summed E-state index contributed by atoms with van der Waals surface area (Å²) >= 11 is 0. The van der Waals surface area contributed by atoms with E-state index in [2.05, 4.69) is 17.2 Å². The molecule has 1 aromatic heterocycles. The third-order valence-corrected chi connectivity index (χ3v) is 1.83. The number of hydrogen-bond donors (Lipinski definition) is 2. The quantitative estimate of drug-likeness (QED) is 0.541. The van der Waals surface area contributed by atoms with Crippen molar-refractivity contribution in [1.82, 2.24) is 10.6 Å². The topological polar surface area (TPSA) is 54.3 Å². The predicted octanol–water partition coefficient (Wildman–Crippen LogP) is 0.980. The van der Waals surface area contributed by atoms with Crippen molar-refractivity contribution in [3.05, 3.63) is 36.3 Å². The Kier molecular flexibility index (Phi) is 4.63. The maximum atomic E-state index is 11.2. The van der Waals surface area contributed by atoms with Gasteiger partial charge in [-0.2, -0.15) is 0 Å². The van der Waals surface area contributed by atoms with Crippen LogP contribution >= 0.6 is 0 Å². The highest BCUT2D eigenvalue weighted by molar-refractivity contribution is 5.77. The highest BCUT2D eigenvalue weighted by atomic mass is 16.3. The van der Waals surface area contributed by atoms with Gasteiger partial charge in [0.1, 0.15) is 11.5 Å². The second-order valence-electron chi connectivity index (χ2n) is 3.21. The first kappa shape index (κ1) is 11.5. The zero-order chi connectivity index (χ0) is 11.1. The summed E-state index contributed by atoms with van der Waals surface area (Å²) in [7, 11) is 0. The van der Waals surface area contributed by atoms with Crippen LogP contribution in [-0.4, -0.2) is 19.0 Å². The number of rotatable bonds is 6. The van der Waals surface area contributed by atoms with Gasteiger partial charge in [-0.1, -0.05) is 6.08 Å². The van der Waals surface area contributed by atoms with Gasteiger partial charge in [0.2, 0.25) is 5.91 Å². The molecular weight excluding hydrogens is 192 g/mol. The molecule has 0 aromatic carbocycles. The Balaban J connectivity index is 2.19. The van der Waals surface area contributed by atoms with E-state index in [1.165, 1.54) is 0 Å². The fraction of sp³-hybridized carbons (Fsp3) is 0.364. The van der Waals surface area contributed by atoms with Gasteiger partial charge in [0.25, 0.3) is 0 Å². The van der Waals surface area contributed by atoms with Gasteiger partial charge in [0, 0.05) is 6.54 Å². The average Bonchev–Trinajstić information content (AvgIpc) is 2.62. The molecule has 82 valence electrons. The van der Waals surface area contributed by atoms with Gasteiger partial charge in [0.15, 0.2) is 0 Å². The second kappa shape index (κ2) is 6.03. The minimum Gasteiger partial charge on any atom is -0.465 e. The number of amides is 1. The Hall–Kier alpha value is -1.55. The van der Waals surface area contributed by atoms with Crippen LogP contribution in [0.3, 0.4) is 0 Å². The van der Waals surface area contributed by atoms with Crippen molar-refractivity contribution in [1.29, 1.82) is 0 Å².